The summed E-state index contributed by atoms with van der Waals surface area (Å²) in [5, 5.41) is 2.39. The van der Waals surface area contributed by atoms with E-state index in [1.54, 1.807) is 22.7 Å². The molecule has 1 aromatic carbocycles. The third-order valence-electron chi connectivity index (χ3n) is 3.18. The Hall–Kier alpha value is -1.00. The van der Waals surface area contributed by atoms with Crippen molar-refractivity contribution in [3.05, 3.63) is 22.1 Å². The Labute approximate surface area is 127 Å². The van der Waals surface area contributed by atoms with Gasteiger partial charge < -0.3 is 0 Å². The average molecular weight is 304 g/mol. The first-order valence-electron chi connectivity index (χ1n) is 6.87. The first-order valence-corrected chi connectivity index (χ1v) is 8.50. The van der Waals surface area contributed by atoms with Crippen LogP contribution >= 0.6 is 22.7 Å². The predicted octanol–water partition coefficient (Wildman–Crippen LogP) is 5.50. The van der Waals surface area contributed by atoms with Crippen molar-refractivity contribution in [2.75, 3.05) is 0 Å². The normalized spacial score (nSPS) is 13.5. The van der Waals surface area contributed by atoms with Gasteiger partial charge in [0.05, 0.1) is 30.4 Å². The molecule has 0 fully saturated rings. The van der Waals surface area contributed by atoms with Crippen LogP contribution in [0.15, 0.2) is 12.1 Å². The van der Waals surface area contributed by atoms with Crippen LogP contribution in [0.25, 0.3) is 20.4 Å². The molecule has 0 amide bonds. The second kappa shape index (κ2) is 4.25. The smallest absolute Gasteiger partial charge is 0.0992 e. The first kappa shape index (κ1) is 14.0. The quantitative estimate of drug-likeness (QED) is 0.548. The SMILES string of the molecule is CC(C)(C)c1nc2cc3nc(C(C)(C)C)sc3cc2s1. The standard InChI is InChI=1S/C16H20N2S2/c1-15(2,3)13-17-9-7-10-12(8-11(9)19-13)20-14(18-10)16(4,5)6/h7-8H,1-6H3. The molecule has 0 radical (unpaired) electrons. The van der Waals surface area contributed by atoms with Gasteiger partial charge in [-0.3, -0.25) is 0 Å². The molecule has 20 heavy (non-hydrogen) atoms. The second-order valence-corrected chi connectivity index (χ2v) is 9.39. The lowest BCUT2D eigenvalue weighted by atomic mass is 9.98. The summed E-state index contributed by atoms with van der Waals surface area (Å²) in [6.45, 7) is 13.3. The van der Waals surface area contributed by atoms with Crippen LogP contribution in [0.1, 0.15) is 51.6 Å². The van der Waals surface area contributed by atoms with E-state index in [4.69, 9.17) is 9.97 Å². The summed E-state index contributed by atoms with van der Waals surface area (Å²) >= 11 is 3.61. The van der Waals surface area contributed by atoms with Crippen molar-refractivity contribution >= 4 is 43.1 Å². The minimum atomic E-state index is 0.112. The van der Waals surface area contributed by atoms with E-state index in [2.05, 4.69) is 53.7 Å². The Balaban J connectivity index is 2.20. The molecule has 0 atom stereocenters. The highest BCUT2D eigenvalue weighted by molar-refractivity contribution is 7.21. The highest BCUT2D eigenvalue weighted by Crippen LogP contribution is 2.37. The third kappa shape index (κ3) is 2.35. The summed E-state index contributed by atoms with van der Waals surface area (Å²) < 4.78 is 2.54. The van der Waals surface area contributed by atoms with Crippen molar-refractivity contribution < 1.29 is 0 Å². The van der Waals surface area contributed by atoms with Crippen LogP contribution in [0.3, 0.4) is 0 Å². The Morgan fingerprint density at radius 3 is 1.45 bits per heavy atom. The van der Waals surface area contributed by atoms with E-state index in [0.717, 1.165) is 11.0 Å². The molecular formula is C16H20N2S2. The summed E-state index contributed by atoms with van der Waals surface area (Å²) in [4.78, 5) is 9.58. The number of hydrogen-bond donors (Lipinski definition) is 0. The van der Waals surface area contributed by atoms with Crippen LogP contribution in [0.2, 0.25) is 0 Å². The molecule has 2 heterocycles. The number of aromatic nitrogens is 2. The third-order valence-corrected chi connectivity index (χ3v) is 6.07. The molecule has 0 unspecified atom stereocenters. The van der Waals surface area contributed by atoms with Gasteiger partial charge in [0.2, 0.25) is 0 Å². The molecule has 0 aliphatic heterocycles. The molecule has 3 rings (SSSR count). The molecule has 0 bridgehead atoms. The maximum Gasteiger partial charge on any atom is 0.0992 e. The highest BCUT2D eigenvalue weighted by Gasteiger charge is 2.21. The maximum atomic E-state index is 4.79. The van der Waals surface area contributed by atoms with Crippen LogP contribution in [0.5, 0.6) is 0 Å². The van der Waals surface area contributed by atoms with Gasteiger partial charge in [0, 0.05) is 10.8 Å². The minimum absolute atomic E-state index is 0.112. The maximum absolute atomic E-state index is 4.79. The Bertz CT molecular complexity index is 668. The monoisotopic (exact) mass is 304 g/mol. The van der Waals surface area contributed by atoms with Gasteiger partial charge in [-0.25, -0.2) is 9.97 Å². The summed E-state index contributed by atoms with van der Waals surface area (Å²) in [6, 6.07) is 4.40. The van der Waals surface area contributed by atoms with E-state index >= 15 is 0 Å². The topological polar surface area (TPSA) is 25.8 Å². The molecule has 4 heteroatoms. The molecule has 3 aromatic rings. The van der Waals surface area contributed by atoms with Crippen molar-refractivity contribution in [3.63, 3.8) is 0 Å². The average Bonchev–Trinajstić information content (AvgIpc) is 2.85. The van der Waals surface area contributed by atoms with Crippen LogP contribution in [-0.4, -0.2) is 9.97 Å². The van der Waals surface area contributed by atoms with E-state index in [1.807, 2.05) is 0 Å². The molecule has 0 aliphatic rings. The number of rotatable bonds is 0. The Morgan fingerprint density at radius 1 is 0.700 bits per heavy atom. The lowest BCUT2D eigenvalue weighted by Gasteiger charge is -2.13. The summed E-state index contributed by atoms with van der Waals surface area (Å²) in [6.07, 6.45) is 0. The van der Waals surface area contributed by atoms with Crippen molar-refractivity contribution in [1.29, 1.82) is 0 Å². The number of benzene rings is 1. The summed E-state index contributed by atoms with van der Waals surface area (Å²) in [5.41, 5.74) is 2.39. The molecule has 0 N–H and O–H groups in total. The van der Waals surface area contributed by atoms with Gasteiger partial charge in [-0.1, -0.05) is 41.5 Å². The van der Waals surface area contributed by atoms with Crippen molar-refractivity contribution in [1.82, 2.24) is 9.97 Å². The van der Waals surface area contributed by atoms with Crippen LogP contribution in [0, 0.1) is 0 Å². The van der Waals surface area contributed by atoms with E-state index < -0.39 is 0 Å². The van der Waals surface area contributed by atoms with E-state index in [-0.39, 0.29) is 10.8 Å². The fraction of sp³-hybridized carbons (Fsp3) is 0.500. The zero-order valence-electron chi connectivity index (χ0n) is 12.9. The molecule has 106 valence electrons. The molecule has 0 spiro atoms. The Kier molecular flexibility index (Phi) is 2.96. The summed E-state index contributed by atoms with van der Waals surface area (Å²) in [7, 11) is 0. The zero-order chi connectivity index (χ0) is 14.7. The van der Waals surface area contributed by atoms with Crippen LogP contribution in [-0.2, 0) is 10.8 Å². The highest BCUT2D eigenvalue weighted by atomic mass is 32.1. The second-order valence-electron chi connectivity index (χ2n) is 7.33. The molecule has 0 saturated carbocycles. The lowest BCUT2D eigenvalue weighted by Crippen LogP contribution is -2.10. The zero-order valence-corrected chi connectivity index (χ0v) is 14.5. The number of thiazole rings is 2. The number of nitrogens with zero attached hydrogens (tertiary/aromatic N) is 2. The molecule has 2 nitrogen and oxygen atoms in total. The van der Waals surface area contributed by atoms with Gasteiger partial charge in [0.1, 0.15) is 0 Å². The minimum Gasteiger partial charge on any atom is -0.241 e. The van der Waals surface area contributed by atoms with Gasteiger partial charge in [-0.05, 0) is 12.1 Å². The van der Waals surface area contributed by atoms with Crippen molar-refractivity contribution in [3.8, 4) is 0 Å². The van der Waals surface area contributed by atoms with Crippen molar-refractivity contribution in [2.45, 2.75) is 52.4 Å². The van der Waals surface area contributed by atoms with Gasteiger partial charge in [-0.2, -0.15) is 0 Å². The molecule has 2 aromatic heterocycles. The van der Waals surface area contributed by atoms with Gasteiger partial charge in [0.15, 0.2) is 0 Å². The van der Waals surface area contributed by atoms with Crippen molar-refractivity contribution in [2.24, 2.45) is 0 Å². The lowest BCUT2D eigenvalue weighted by molar-refractivity contribution is 0.587. The van der Waals surface area contributed by atoms with Gasteiger partial charge >= 0.3 is 0 Å². The van der Waals surface area contributed by atoms with Crippen LogP contribution in [0.4, 0.5) is 0 Å². The molecular weight excluding hydrogens is 284 g/mol. The van der Waals surface area contributed by atoms with Gasteiger partial charge in [0.25, 0.3) is 0 Å². The van der Waals surface area contributed by atoms with E-state index in [9.17, 15) is 0 Å². The Morgan fingerprint density at radius 2 is 1.10 bits per heavy atom. The molecule has 0 aliphatic carbocycles. The molecule has 0 saturated heterocycles. The predicted molar refractivity (Wildman–Crippen MR) is 90.2 cm³/mol. The summed E-state index contributed by atoms with van der Waals surface area (Å²) in [5.74, 6) is 0. The van der Waals surface area contributed by atoms with Crippen LogP contribution < -0.4 is 0 Å². The number of hydrogen-bond acceptors (Lipinski definition) is 4. The van der Waals surface area contributed by atoms with E-state index in [0.29, 0.717) is 0 Å². The largest absolute Gasteiger partial charge is 0.241 e. The fourth-order valence-corrected chi connectivity index (χ4v) is 4.15. The first-order chi connectivity index (χ1) is 9.14. The van der Waals surface area contributed by atoms with E-state index in [1.165, 1.54) is 19.4 Å². The fourth-order valence-electron chi connectivity index (χ4n) is 1.99. The number of fused-ring (bicyclic) bond motifs is 2. The van der Waals surface area contributed by atoms with Gasteiger partial charge in [-0.15, -0.1) is 22.7 Å².